The highest BCUT2D eigenvalue weighted by molar-refractivity contribution is 5.73. The maximum absolute atomic E-state index is 10.9. The maximum Gasteiger partial charge on any atom is 0.320 e. The van der Waals surface area contributed by atoms with E-state index in [4.69, 9.17) is 20.3 Å². The lowest BCUT2D eigenvalue weighted by molar-refractivity contribution is -0.138. The van der Waals surface area contributed by atoms with Gasteiger partial charge in [0, 0.05) is 12.0 Å². The molecule has 1 heterocycles. The number of aliphatic carboxylic acids is 1. The van der Waals surface area contributed by atoms with Crippen molar-refractivity contribution in [3.8, 4) is 11.5 Å². The average molecular weight is 279 g/mol. The Labute approximate surface area is 118 Å². The number of hydrogen-bond donors (Lipinski definition) is 2. The molecule has 2 rings (SSSR count). The highest BCUT2D eigenvalue weighted by Crippen LogP contribution is 2.39. The normalized spacial score (nSPS) is 15.8. The second-order valence-electron chi connectivity index (χ2n) is 5.32. The van der Waals surface area contributed by atoms with Crippen LogP contribution < -0.4 is 15.2 Å². The van der Waals surface area contributed by atoms with E-state index < -0.39 is 12.0 Å². The van der Waals surface area contributed by atoms with E-state index >= 15 is 0 Å². The van der Waals surface area contributed by atoms with Crippen molar-refractivity contribution >= 4 is 5.97 Å². The largest absolute Gasteiger partial charge is 0.490 e. The van der Waals surface area contributed by atoms with Crippen LogP contribution in [0.3, 0.4) is 0 Å². The molecule has 0 aromatic heterocycles. The molecule has 0 saturated carbocycles. The fraction of sp³-hybridized carbons (Fsp3) is 0.533. The first-order valence-electron chi connectivity index (χ1n) is 6.90. The van der Waals surface area contributed by atoms with Crippen molar-refractivity contribution < 1.29 is 19.4 Å². The van der Waals surface area contributed by atoms with Gasteiger partial charge in [-0.25, -0.2) is 0 Å². The highest BCUT2D eigenvalue weighted by atomic mass is 16.5. The van der Waals surface area contributed by atoms with E-state index in [0.29, 0.717) is 19.6 Å². The third-order valence-electron chi connectivity index (χ3n) is 3.38. The van der Waals surface area contributed by atoms with Gasteiger partial charge in [0.15, 0.2) is 11.5 Å². The molecule has 20 heavy (non-hydrogen) atoms. The Kier molecular flexibility index (Phi) is 4.49. The van der Waals surface area contributed by atoms with Crippen molar-refractivity contribution in [2.75, 3.05) is 13.2 Å². The SMILES string of the molecule is CC(C)c1c(CC(N)C(=O)O)ccc2c1OCCCO2. The van der Waals surface area contributed by atoms with Crippen LogP contribution in [-0.2, 0) is 11.2 Å². The zero-order chi connectivity index (χ0) is 14.7. The number of carboxylic acids is 1. The summed E-state index contributed by atoms with van der Waals surface area (Å²) in [4.78, 5) is 10.9. The maximum atomic E-state index is 10.9. The van der Waals surface area contributed by atoms with Crippen molar-refractivity contribution in [3.05, 3.63) is 23.3 Å². The van der Waals surface area contributed by atoms with Crippen LogP contribution in [0.25, 0.3) is 0 Å². The van der Waals surface area contributed by atoms with Gasteiger partial charge in [0.2, 0.25) is 0 Å². The minimum Gasteiger partial charge on any atom is -0.490 e. The van der Waals surface area contributed by atoms with E-state index in [1.54, 1.807) is 0 Å². The Balaban J connectivity index is 2.42. The molecule has 0 bridgehead atoms. The van der Waals surface area contributed by atoms with Crippen LogP contribution in [0.4, 0.5) is 0 Å². The Morgan fingerprint density at radius 3 is 2.70 bits per heavy atom. The molecule has 1 aromatic rings. The standard InChI is InChI=1S/C15H21NO4/c1-9(2)13-10(8-11(16)15(17)18)4-5-12-14(13)20-7-3-6-19-12/h4-5,9,11H,3,6-8,16H2,1-2H3,(H,17,18). The highest BCUT2D eigenvalue weighted by Gasteiger charge is 2.23. The van der Waals surface area contributed by atoms with Crippen molar-refractivity contribution in [2.24, 2.45) is 5.73 Å². The number of carboxylic acid groups (broad SMARTS) is 1. The molecular weight excluding hydrogens is 258 g/mol. The minimum absolute atomic E-state index is 0.211. The van der Waals surface area contributed by atoms with Gasteiger partial charge in [0.05, 0.1) is 13.2 Å². The molecule has 5 heteroatoms. The monoisotopic (exact) mass is 279 g/mol. The van der Waals surface area contributed by atoms with Gasteiger partial charge in [-0.15, -0.1) is 0 Å². The van der Waals surface area contributed by atoms with Gasteiger partial charge in [-0.3, -0.25) is 4.79 Å². The third kappa shape index (κ3) is 3.04. The molecule has 1 aromatic carbocycles. The summed E-state index contributed by atoms with van der Waals surface area (Å²) in [6, 6.07) is 2.83. The number of ether oxygens (including phenoxy) is 2. The van der Waals surface area contributed by atoms with Crippen LogP contribution in [-0.4, -0.2) is 30.3 Å². The topological polar surface area (TPSA) is 81.8 Å². The van der Waals surface area contributed by atoms with Gasteiger partial charge in [0.25, 0.3) is 0 Å². The Morgan fingerprint density at radius 2 is 2.05 bits per heavy atom. The molecule has 0 fully saturated rings. The van der Waals surface area contributed by atoms with Crippen molar-refractivity contribution in [1.82, 2.24) is 0 Å². The summed E-state index contributed by atoms with van der Waals surface area (Å²) in [6.07, 6.45) is 1.13. The molecule has 0 amide bonds. The molecule has 0 spiro atoms. The van der Waals surface area contributed by atoms with Gasteiger partial charge in [-0.1, -0.05) is 19.9 Å². The zero-order valence-electron chi connectivity index (χ0n) is 11.9. The first-order chi connectivity index (χ1) is 9.50. The van der Waals surface area contributed by atoms with E-state index in [1.807, 2.05) is 12.1 Å². The van der Waals surface area contributed by atoms with Crippen molar-refractivity contribution in [1.29, 1.82) is 0 Å². The lowest BCUT2D eigenvalue weighted by Crippen LogP contribution is -2.32. The summed E-state index contributed by atoms with van der Waals surface area (Å²) >= 11 is 0. The van der Waals surface area contributed by atoms with E-state index in [0.717, 1.165) is 29.0 Å². The van der Waals surface area contributed by atoms with Gasteiger partial charge in [0.1, 0.15) is 6.04 Å². The van der Waals surface area contributed by atoms with Crippen molar-refractivity contribution in [3.63, 3.8) is 0 Å². The molecule has 0 aliphatic carbocycles. The predicted octanol–water partition coefficient (Wildman–Crippen LogP) is 1.93. The molecule has 1 unspecified atom stereocenters. The molecule has 1 aliphatic heterocycles. The predicted molar refractivity (Wildman–Crippen MR) is 75.5 cm³/mol. The summed E-state index contributed by atoms with van der Waals surface area (Å²) in [6.45, 7) is 5.36. The van der Waals surface area contributed by atoms with Crippen LogP contribution in [0.15, 0.2) is 12.1 Å². The number of benzene rings is 1. The quantitative estimate of drug-likeness (QED) is 0.880. The molecular formula is C15H21NO4. The Bertz CT molecular complexity index is 499. The van der Waals surface area contributed by atoms with Crippen molar-refractivity contribution in [2.45, 2.75) is 38.6 Å². The average Bonchev–Trinajstić information content (AvgIpc) is 2.62. The zero-order valence-corrected chi connectivity index (χ0v) is 11.9. The second-order valence-corrected chi connectivity index (χ2v) is 5.32. The molecule has 110 valence electrons. The summed E-state index contributed by atoms with van der Waals surface area (Å²) in [5, 5.41) is 8.98. The lowest BCUT2D eigenvalue weighted by Gasteiger charge is -2.20. The summed E-state index contributed by atoms with van der Waals surface area (Å²) in [7, 11) is 0. The fourth-order valence-electron chi connectivity index (χ4n) is 2.43. The first-order valence-corrected chi connectivity index (χ1v) is 6.90. The molecule has 1 atom stereocenters. The lowest BCUT2D eigenvalue weighted by atomic mass is 9.92. The first kappa shape index (κ1) is 14.7. The van der Waals surface area contributed by atoms with Gasteiger partial charge in [-0.05, 0) is 24.0 Å². The fourth-order valence-corrected chi connectivity index (χ4v) is 2.43. The molecule has 3 N–H and O–H groups in total. The molecule has 1 aliphatic rings. The number of fused-ring (bicyclic) bond motifs is 1. The number of rotatable bonds is 4. The minimum atomic E-state index is -0.994. The smallest absolute Gasteiger partial charge is 0.320 e. The molecule has 0 radical (unpaired) electrons. The van der Waals surface area contributed by atoms with Gasteiger partial charge >= 0.3 is 5.97 Å². The van der Waals surface area contributed by atoms with E-state index in [9.17, 15) is 4.79 Å². The van der Waals surface area contributed by atoms with E-state index in [1.165, 1.54) is 0 Å². The van der Waals surface area contributed by atoms with Crippen LogP contribution in [0, 0.1) is 0 Å². The number of nitrogens with two attached hydrogens (primary N) is 1. The van der Waals surface area contributed by atoms with Crippen LogP contribution in [0.5, 0.6) is 11.5 Å². The number of hydrogen-bond acceptors (Lipinski definition) is 4. The summed E-state index contributed by atoms with van der Waals surface area (Å²) in [5.74, 6) is 0.695. The Hall–Kier alpha value is -1.75. The van der Waals surface area contributed by atoms with Gasteiger partial charge in [-0.2, -0.15) is 0 Å². The summed E-state index contributed by atoms with van der Waals surface area (Å²) < 4.78 is 11.5. The van der Waals surface area contributed by atoms with Crippen LogP contribution >= 0.6 is 0 Å². The third-order valence-corrected chi connectivity index (χ3v) is 3.38. The van der Waals surface area contributed by atoms with Gasteiger partial charge < -0.3 is 20.3 Å². The van der Waals surface area contributed by atoms with Crippen LogP contribution in [0.1, 0.15) is 37.3 Å². The Morgan fingerprint density at radius 1 is 1.35 bits per heavy atom. The summed E-state index contributed by atoms with van der Waals surface area (Å²) in [5.41, 5.74) is 7.57. The second kappa shape index (κ2) is 6.13. The molecule has 0 saturated heterocycles. The van der Waals surface area contributed by atoms with Crippen LogP contribution in [0.2, 0.25) is 0 Å². The molecule has 5 nitrogen and oxygen atoms in total. The van der Waals surface area contributed by atoms with E-state index in [-0.39, 0.29) is 5.92 Å². The number of carbonyl (C=O) groups is 1. The van der Waals surface area contributed by atoms with E-state index in [2.05, 4.69) is 13.8 Å².